The molecule has 5 heteroatoms. The number of rotatable bonds is 4. The standard InChI is InChI=1S/C14H19N3O2/c1-19-13-9-11(8-12(10-15)14(13)18)2-5-17-6-3-16-4-7-17/h8-9,16,18H,2-7H2,1H3. The zero-order chi connectivity index (χ0) is 13.7. The summed E-state index contributed by atoms with van der Waals surface area (Å²) in [5, 5.41) is 22.1. The van der Waals surface area contributed by atoms with E-state index in [1.54, 1.807) is 12.1 Å². The number of piperazine rings is 1. The number of hydrogen-bond donors (Lipinski definition) is 2. The lowest BCUT2D eigenvalue weighted by Gasteiger charge is -2.27. The Morgan fingerprint density at radius 3 is 2.79 bits per heavy atom. The Balaban J connectivity index is 2.05. The van der Waals surface area contributed by atoms with Gasteiger partial charge < -0.3 is 20.1 Å². The number of nitriles is 1. The van der Waals surface area contributed by atoms with Crippen LogP contribution in [0.4, 0.5) is 0 Å². The average molecular weight is 261 g/mol. The molecule has 2 rings (SSSR count). The SMILES string of the molecule is COc1cc(CCN2CCNCC2)cc(C#N)c1O. The van der Waals surface area contributed by atoms with E-state index >= 15 is 0 Å². The molecule has 1 saturated heterocycles. The topological polar surface area (TPSA) is 68.5 Å². The molecule has 0 saturated carbocycles. The summed E-state index contributed by atoms with van der Waals surface area (Å²) in [4.78, 5) is 2.39. The first-order chi connectivity index (χ1) is 9.24. The average Bonchev–Trinajstić information content (AvgIpc) is 2.47. The summed E-state index contributed by atoms with van der Waals surface area (Å²) in [5.74, 6) is 0.297. The zero-order valence-electron chi connectivity index (χ0n) is 11.1. The van der Waals surface area contributed by atoms with Crippen molar-refractivity contribution in [2.75, 3.05) is 39.8 Å². The second-order valence-electron chi connectivity index (χ2n) is 4.65. The van der Waals surface area contributed by atoms with E-state index in [0.717, 1.165) is 44.7 Å². The molecule has 2 N–H and O–H groups in total. The molecule has 19 heavy (non-hydrogen) atoms. The number of aromatic hydroxyl groups is 1. The number of hydrogen-bond acceptors (Lipinski definition) is 5. The predicted octanol–water partition coefficient (Wildman–Crippen LogP) is 0.720. The maximum absolute atomic E-state index is 9.76. The van der Waals surface area contributed by atoms with Crippen LogP contribution < -0.4 is 10.1 Å². The van der Waals surface area contributed by atoms with E-state index in [1.807, 2.05) is 6.07 Å². The van der Waals surface area contributed by atoms with Gasteiger partial charge >= 0.3 is 0 Å². The Labute approximate surface area is 113 Å². The molecule has 1 aromatic carbocycles. The smallest absolute Gasteiger partial charge is 0.175 e. The van der Waals surface area contributed by atoms with Crippen molar-refractivity contribution in [2.24, 2.45) is 0 Å². The fraction of sp³-hybridized carbons (Fsp3) is 0.500. The summed E-state index contributed by atoms with van der Waals surface area (Å²) in [6, 6.07) is 5.53. The van der Waals surface area contributed by atoms with Crippen molar-refractivity contribution in [3.63, 3.8) is 0 Å². The van der Waals surface area contributed by atoms with Crippen LogP contribution in [0.25, 0.3) is 0 Å². The maximum Gasteiger partial charge on any atom is 0.175 e. The largest absolute Gasteiger partial charge is 0.503 e. The van der Waals surface area contributed by atoms with Crippen LogP contribution in [0.15, 0.2) is 12.1 Å². The highest BCUT2D eigenvalue weighted by atomic mass is 16.5. The molecule has 1 heterocycles. The van der Waals surface area contributed by atoms with Crippen molar-refractivity contribution in [1.29, 1.82) is 5.26 Å². The van der Waals surface area contributed by atoms with Crippen molar-refractivity contribution in [1.82, 2.24) is 10.2 Å². The van der Waals surface area contributed by atoms with Gasteiger partial charge in [0.05, 0.1) is 12.7 Å². The minimum absolute atomic E-state index is 0.0732. The maximum atomic E-state index is 9.76. The van der Waals surface area contributed by atoms with Gasteiger partial charge in [-0.2, -0.15) is 5.26 Å². The molecule has 0 amide bonds. The van der Waals surface area contributed by atoms with E-state index in [2.05, 4.69) is 10.2 Å². The Kier molecular flexibility index (Phi) is 4.61. The fourth-order valence-electron chi connectivity index (χ4n) is 2.27. The van der Waals surface area contributed by atoms with Crippen LogP contribution in [0.3, 0.4) is 0 Å². The minimum Gasteiger partial charge on any atom is -0.503 e. The van der Waals surface area contributed by atoms with E-state index in [4.69, 9.17) is 10.00 Å². The van der Waals surface area contributed by atoms with Gasteiger partial charge in [0, 0.05) is 32.7 Å². The van der Waals surface area contributed by atoms with Gasteiger partial charge in [0.1, 0.15) is 6.07 Å². The third kappa shape index (κ3) is 3.37. The van der Waals surface area contributed by atoms with Crippen LogP contribution in [0, 0.1) is 11.3 Å². The molecule has 0 atom stereocenters. The van der Waals surface area contributed by atoms with Crippen LogP contribution in [0.2, 0.25) is 0 Å². The number of phenolic OH excluding ortho intramolecular Hbond substituents is 1. The lowest BCUT2D eigenvalue weighted by atomic mass is 10.1. The van der Waals surface area contributed by atoms with Crippen molar-refractivity contribution < 1.29 is 9.84 Å². The predicted molar refractivity (Wildman–Crippen MR) is 72.4 cm³/mol. The Hall–Kier alpha value is -1.77. The van der Waals surface area contributed by atoms with E-state index in [0.29, 0.717) is 5.75 Å². The van der Waals surface area contributed by atoms with Gasteiger partial charge in [-0.3, -0.25) is 0 Å². The minimum atomic E-state index is -0.0732. The lowest BCUT2D eigenvalue weighted by Crippen LogP contribution is -2.44. The Morgan fingerprint density at radius 1 is 1.42 bits per heavy atom. The number of phenols is 1. The first-order valence-electron chi connectivity index (χ1n) is 6.47. The summed E-state index contributed by atoms with van der Waals surface area (Å²) >= 11 is 0. The molecular weight excluding hydrogens is 242 g/mol. The summed E-state index contributed by atoms with van der Waals surface area (Å²) < 4.78 is 5.10. The van der Waals surface area contributed by atoms with Crippen molar-refractivity contribution in [2.45, 2.75) is 6.42 Å². The monoisotopic (exact) mass is 261 g/mol. The molecule has 1 fully saturated rings. The number of nitrogens with one attached hydrogen (secondary N) is 1. The molecular formula is C14H19N3O2. The second-order valence-corrected chi connectivity index (χ2v) is 4.65. The zero-order valence-corrected chi connectivity index (χ0v) is 11.1. The molecule has 0 unspecified atom stereocenters. The molecule has 0 bridgehead atoms. The van der Waals surface area contributed by atoms with E-state index in [-0.39, 0.29) is 11.3 Å². The van der Waals surface area contributed by atoms with Crippen molar-refractivity contribution in [3.05, 3.63) is 23.3 Å². The summed E-state index contributed by atoms with van der Waals surface area (Å²) in [6.07, 6.45) is 0.852. The molecule has 0 aromatic heterocycles. The summed E-state index contributed by atoms with van der Waals surface area (Å²) in [5.41, 5.74) is 1.29. The summed E-state index contributed by atoms with van der Waals surface area (Å²) in [7, 11) is 1.50. The first kappa shape index (κ1) is 13.7. The third-order valence-corrected chi connectivity index (χ3v) is 3.40. The van der Waals surface area contributed by atoms with Gasteiger partial charge in [0.2, 0.25) is 0 Å². The highest BCUT2D eigenvalue weighted by Gasteiger charge is 2.12. The normalized spacial score (nSPS) is 16.0. The molecule has 0 aliphatic carbocycles. The van der Waals surface area contributed by atoms with E-state index in [9.17, 15) is 5.11 Å². The fourth-order valence-corrected chi connectivity index (χ4v) is 2.27. The van der Waals surface area contributed by atoms with E-state index in [1.165, 1.54) is 7.11 Å². The van der Waals surface area contributed by atoms with Gasteiger partial charge in [-0.25, -0.2) is 0 Å². The third-order valence-electron chi connectivity index (χ3n) is 3.40. The van der Waals surface area contributed by atoms with Crippen LogP contribution in [0.5, 0.6) is 11.5 Å². The number of ether oxygens (including phenoxy) is 1. The highest BCUT2D eigenvalue weighted by Crippen LogP contribution is 2.31. The summed E-state index contributed by atoms with van der Waals surface area (Å²) in [6.45, 7) is 5.13. The van der Waals surface area contributed by atoms with Gasteiger partial charge in [-0.1, -0.05) is 0 Å². The highest BCUT2D eigenvalue weighted by molar-refractivity contribution is 5.53. The molecule has 5 nitrogen and oxygen atoms in total. The van der Waals surface area contributed by atoms with Gasteiger partial charge in [0.15, 0.2) is 11.5 Å². The number of nitrogens with zero attached hydrogens (tertiary/aromatic N) is 2. The lowest BCUT2D eigenvalue weighted by molar-refractivity contribution is 0.244. The molecule has 0 spiro atoms. The molecule has 1 aromatic rings. The molecule has 102 valence electrons. The Morgan fingerprint density at radius 2 is 2.16 bits per heavy atom. The Bertz CT molecular complexity index is 476. The molecule has 0 radical (unpaired) electrons. The molecule has 1 aliphatic rings. The number of methoxy groups -OCH3 is 1. The molecule has 1 aliphatic heterocycles. The number of benzene rings is 1. The van der Waals surface area contributed by atoms with Crippen LogP contribution in [0.1, 0.15) is 11.1 Å². The first-order valence-corrected chi connectivity index (χ1v) is 6.47. The van der Waals surface area contributed by atoms with Crippen LogP contribution in [-0.4, -0.2) is 49.8 Å². The van der Waals surface area contributed by atoms with Gasteiger partial charge in [-0.15, -0.1) is 0 Å². The van der Waals surface area contributed by atoms with Gasteiger partial charge in [0.25, 0.3) is 0 Å². The van der Waals surface area contributed by atoms with Crippen LogP contribution in [-0.2, 0) is 6.42 Å². The van der Waals surface area contributed by atoms with E-state index < -0.39 is 0 Å². The van der Waals surface area contributed by atoms with Crippen molar-refractivity contribution in [3.8, 4) is 17.6 Å². The van der Waals surface area contributed by atoms with Crippen molar-refractivity contribution >= 4 is 0 Å². The second kappa shape index (κ2) is 6.41. The van der Waals surface area contributed by atoms with Crippen LogP contribution >= 0.6 is 0 Å². The quantitative estimate of drug-likeness (QED) is 0.836. The van der Waals surface area contributed by atoms with Gasteiger partial charge in [-0.05, 0) is 24.1 Å².